The van der Waals surface area contributed by atoms with Crippen molar-refractivity contribution in [2.45, 2.75) is 114 Å². The average molecular weight is 573 g/mol. The Kier molecular flexibility index (Phi) is 8.91. The highest BCUT2D eigenvalue weighted by atomic mass is 19.4. The van der Waals surface area contributed by atoms with Crippen LogP contribution in [-0.2, 0) is 4.74 Å². The zero-order chi connectivity index (χ0) is 28.2. The molecule has 1 nitrogen and oxygen atoms in total. The molecule has 0 aromatic rings. The van der Waals surface area contributed by atoms with E-state index in [-0.39, 0.29) is 18.9 Å². The maximum atomic E-state index is 15.2. The third kappa shape index (κ3) is 5.94. The molecule has 38 heavy (non-hydrogen) atoms. The van der Waals surface area contributed by atoms with Crippen LogP contribution in [-0.4, -0.2) is 61.8 Å². The van der Waals surface area contributed by atoms with E-state index in [2.05, 4.69) is 0 Å². The predicted octanol–water partition coefficient (Wildman–Crippen LogP) is 8.11. The van der Waals surface area contributed by atoms with E-state index in [4.69, 9.17) is 4.74 Å². The van der Waals surface area contributed by atoms with E-state index >= 15 is 26.3 Å². The minimum Gasteiger partial charge on any atom is -0.378 e. The van der Waals surface area contributed by atoms with Crippen molar-refractivity contribution >= 4 is 0 Å². The molecule has 0 aromatic carbocycles. The highest BCUT2D eigenvalue weighted by Crippen LogP contribution is 2.55. The van der Waals surface area contributed by atoms with Gasteiger partial charge in [-0.3, -0.25) is 0 Å². The van der Waals surface area contributed by atoms with E-state index in [1.54, 1.807) is 0 Å². The molecule has 0 bridgehead atoms. The van der Waals surface area contributed by atoms with Crippen LogP contribution in [0, 0.1) is 41.4 Å². The Labute approximate surface area is 215 Å². The Morgan fingerprint density at radius 2 is 1.05 bits per heavy atom. The van der Waals surface area contributed by atoms with Crippen molar-refractivity contribution in [1.29, 1.82) is 0 Å². The topological polar surface area (TPSA) is 9.23 Å². The van der Waals surface area contributed by atoms with Crippen LogP contribution in [0.4, 0.5) is 48.3 Å². The molecule has 4 aliphatic rings. The van der Waals surface area contributed by atoms with E-state index in [1.165, 1.54) is 0 Å². The zero-order valence-corrected chi connectivity index (χ0v) is 21.0. The monoisotopic (exact) mass is 572 g/mol. The largest absolute Gasteiger partial charge is 0.397 e. The van der Waals surface area contributed by atoms with E-state index in [0.29, 0.717) is 18.9 Å². The number of hydrogen-bond acceptors (Lipinski definition) is 1. The molecule has 0 spiro atoms. The van der Waals surface area contributed by atoms with Crippen molar-refractivity contribution in [1.82, 2.24) is 0 Å². The van der Waals surface area contributed by atoms with E-state index in [9.17, 15) is 22.0 Å². The second kappa shape index (κ2) is 11.2. The molecule has 1 saturated heterocycles. The van der Waals surface area contributed by atoms with Crippen molar-refractivity contribution in [2.24, 2.45) is 41.4 Å². The molecule has 4 fully saturated rings. The van der Waals surface area contributed by atoms with Crippen LogP contribution in [0.5, 0.6) is 0 Å². The summed E-state index contributed by atoms with van der Waals surface area (Å²) in [5.41, 5.74) is 0. The Bertz CT molecular complexity index is 750. The fraction of sp³-hybridized carbons (Fsp3) is 1.00. The Hall–Kier alpha value is -0.810. The maximum Gasteiger partial charge on any atom is 0.397 e. The molecule has 8 atom stereocenters. The van der Waals surface area contributed by atoms with Gasteiger partial charge in [-0.05, 0) is 69.1 Å². The first kappa shape index (κ1) is 30.2. The summed E-state index contributed by atoms with van der Waals surface area (Å²) in [6.45, 7) is 2.48. The number of ether oxygens (including phenoxy) is 1. The van der Waals surface area contributed by atoms with Gasteiger partial charge in [-0.25, -0.2) is 35.1 Å². The first-order valence-corrected chi connectivity index (χ1v) is 13.5. The molecule has 0 N–H and O–H groups in total. The van der Waals surface area contributed by atoms with E-state index in [1.807, 2.05) is 6.92 Å². The van der Waals surface area contributed by atoms with Gasteiger partial charge in [0.05, 0.1) is 12.0 Å². The molecule has 3 saturated carbocycles. The van der Waals surface area contributed by atoms with Gasteiger partial charge in [0.25, 0.3) is 5.92 Å². The van der Waals surface area contributed by atoms with Crippen LogP contribution in [0.1, 0.15) is 58.3 Å². The normalized spacial score (nSPS) is 49.6. The molecule has 0 radical (unpaired) electrons. The molecule has 12 heteroatoms. The second-order valence-corrected chi connectivity index (χ2v) is 12.1. The lowest BCUT2D eigenvalue weighted by Crippen LogP contribution is -2.56. The van der Waals surface area contributed by atoms with Gasteiger partial charge in [-0.2, -0.15) is 13.2 Å². The number of alkyl halides is 11. The molecular formula is C26H35F11O. The highest BCUT2D eigenvalue weighted by Gasteiger charge is 2.63. The summed E-state index contributed by atoms with van der Waals surface area (Å²) in [5.74, 6) is -15.0. The first-order valence-electron chi connectivity index (χ1n) is 13.5. The number of halogens is 11. The first-order chi connectivity index (χ1) is 17.6. The summed E-state index contributed by atoms with van der Waals surface area (Å²) in [4.78, 5) is 0. The number of hydrogen-bond donors (Lipinski definition) is 0. The van der Waals surface area contributed by atoms with Crippen molar-refractivity contribution in [2.75, 3.05) is 6.61 Å². The summed E-state index contributed by atoms with van der Waals surface area (Å²) in [6.07, 6.45) is -23.1. The fourth-order valence-corrected chi connectivity index (χ4v) is 7.53. The minimum absolute atomic E-state index is 0.0631. The lowest BCUT2D eigenvalue weighted by molar-refractivity contribution is -0.240. The molecule has 222 valence electrons. The SMILES string of the molecule is CC1CCC(C2CC(F)C(C3CC(F)C(C(F)(F)C4CC(F)C(C(F)(F)F)C(F)C4)C(F)C3)C(F)C2)OC1. The van der Waals surface area contributed by atoms with Crippen LogP contribution >= 0.6 is 0 Å². The Balaban J connectivity index is 1.40. The maximum absolute atomic E-state index is 15.2. The number of rotatable bonds is 4. The van der Waals surface area contributed by atoms with Gasteiger partial charge in [0, 0.05) is 18.4 Å². The molecule has 8 unspecified atom stereocenters. The molecule has 0 aromatic heterocycles. The fourth-order valence-electron chi connectivity index (χ4n) is 7.53. The van der Waals surface area contributed by atoms with Gasteiger partial charge in [0.2, 0.25) is 0 Å². The average Bonchev–Trinajstić information content (AvgIpc) is 2.77. The summed E-state index contributed by atoms with van der Waals surface area (Å²) in [7, 11) is 0. The van der Waals surface area contributed by atoms with Crippen LogP contribution in [0.15, 0.2) is 0 Å². The van der Waals surface area contributed by atoms with Crippen molar-refractivity contribution in [3.63, 3.8) is 0 Å². The molecule has 1 heterocycles. The Morgan fingerprint density at radius 1 is 0.579 bits per heavy atom. The summed E-state index contributed by atoms with van der Waals surface area (Å²) in [5, 5.41) is 0. The molecule has 0 amide bonds. The summed E-state index contributed by atoms with van der Waals surface area (Å²) in [6, 6.07) is 0. The quantitative estimate of drug-likeness (QED) is 0.310. The lowest BCUT2D eigenvalue weighted by atomic mass is 9.63. The van der Waals surface area contributed by atoms with Crippen molar-refractivity contribution < 1.29 is 53.0 Å². The second-order valence-electron chi connectivity index (χ2n) is 12.1. The van der Waals surface area contributed by atoms with Crippen molar-refractivity contribution in [3.8, 4) is 0 Å². The van der Waals surface area contributed by atoms with Crippen LogP contribution in [0.25, 0.3) is 0 Å². The third-order valence-corrected chi connectivity index (χ3v) is 9.50. The lowest BCUT2D eigenvalue weighted by Gasteiger charge is -2.48. The van der Waals surface area contributed by atoms with Gasteiger partial charge in [0.1, 0.15) is 42.9 Å². The Morgan fingerprint density at radius 3 is 1.50 bits per heavy atom. The molecule has 1 aliphatic heterocycles. The van der Waals surface area contributed by atoms with Gasteiger partial charge in [-0.15, -0.1) is 0 Å². The van der Waals surface area contributed by atoms with Crippen LogP contribution < -0.4 is 0 Å². The smallest absolute Gasteiger partial charge is 0.378 e. The van der Waals surface area contributed by atoms with Gasteiger partial charge < -0.3 is 4.74 Å². The van der Waals surface area contributed by atoms with Crippen LogP contribution in [0.3, 0.4) is 0 Å². The predicted molar refractivity (Wildman–Crippen MR) is 117 cm³/mol. The third-order valence-electron chi connectivity index (χ3n) is 9.50. The molecule has 3 aliphatic carbocycles. The minimum atomic E-state index is -5.28. The molecule has 4 rings (SSSR count). The van der Waals surface area contributed by atoms with Crippen molar-refractivity contribution in [3.05, 3.63) is 0 Å². The summed E-state index contributed by atoms with van der Waals surface area (Å²) >= 11 is 0. The zero-order valence-electron chi connectivity index (χ0n) is 21.0. The van der Waals surface area contributed by atoms with Crippen LogP contribution in [0.2, 0.25) is 0 Å². The van der Waals surface area contributed by atoms with Gasteiger partial charge >= 0.3 is 6.18 Å². The van der Waals surface area contributed by atoms with Gasteiger partial charge in [-0.1, -0.05) is 6.92 Å². The standard InChI is InChI=1S/C26H35F11O/c1-11-2-3-21(38-10-11)12-4-15(27)22(16(28)5-12)13-6-17(29)23(18(30)7-13)25(33,34)14-8-19(31)24(20(32)9-14)26(35,36)37/h11-24H,2-10H2,1H3. The van der Waals surface area contributed by atoms with E-state index in [0.717, 1.165) is 6.42 Å². The molecular weight excluding hydrogens is 537 g/mol. The summed E-state index contributed by atoms with van der Waals surface area (Å²) < 4.78 is 164. The van der Waals surface area contributed by atoms with Gasteiger partial charge in [0.15, 0.2) is 0 Å². The van der Waals surface area contributed by atoms with E-state index < -0.39 is 110 Å². The highest BCUT2D eigenvalue weighted by molar-refractivity contribution is 5.04.